The first-order valence-electron chi connectivity index (χ1n) is 6.21. The van der Waals surface area contributed by atoms with Crippen LogP contribution >= 0.6 is 27.5 Å². The second kappa shape index (κ2) is 5.20. The van der Waals surface area contributed by atoms with Gasteiger partial charge in [-0.05, 0) is 35.9 Å². The average molecular weight is 351 g/mol. The topological polar surface area (TPSA) is 43.8 Å². The number of aromatic nitrogens is 2. The van der Waals surface area contributed by atoms with E-state index >= 15 is 0 Å². The van der Waals surface area contributed by atoms with Crippen molar-refractivity contribution in [2.24, 2.45) is 12.8 Å². The van der Waals surface area contributed by atoms with Crippen molar-refractivity contribution < 1.29 is 0 Å². The summed E-state index contributed by atoms with van der Waals surface area (Å²) in [6.07, 6.45) is 0. The second-order valence-electron chi connectivity index (χ2n) is 4.65. The molecule has 0 aliphatic carbocycles. The van der Waals surface area contributed by atoms with Crippen molar-refractivity contribution in [2.75, 3.05) is 0 Å². The van der Waals surface area contributed by atoms with E-state index in [0.717, 1.165) is 32.5 Å². The number of rotatable bonds is 2. The minimum atomic E-state index is 0.515. The molecule has 0 amide bonds. The minimum Gasteiger partial charge on any atom is -0.327 e. The van der Waals surface area contributed by atoms with Crippen molar-refractivity contribution in [3.05, 3.63) is 51.5 Å². The van der Waals surface area contributed by atoms with E-state index in [0.29, 0.717) is 11.6 Å². The fraction of sp³-hybridized carbons (Fsp3) is 0.133. The molecule has 3 rings (SSSR count). The summed E-state index contributed by atoms with van der Waals surface area (Å²) in [4.78, 5) is 4.69. The molecule has 20 heavy (non-hydrogen) atoms. The Bertz CT molecular complexity index is 795. The Morgan fingerprint density at radius 3 is 2.75 bits per heavy atom. The van der Waals surface area contributed by atoms with Crippen molar-refractivity contribution in [2.45, 2.75) is 6.54 Å². The smallest absolute Gasteiger partial charge is 0.142 e. The molecule has 5 heteroatoms. The molecule has 102 valence electrons. The van der Waals surface area contributed by atoms with Gasteiger partial charge in [-0.2, -0.15) is 0 Å². The molecule has 3 nitrogen and oxygen atoms in total. The maximum atomic E-state index is 6.32. The summed E-state index contributed by atoms with van der Waals surface area (Å²) in [5, 5.41) is 0.678. The van der Waals surface area contributed by atoms with Crippen LogP contribution in [0.5, 0.6) is 0 Å². The van der Waals surface area contributed by atoms with Crippen LogP contribution in [0, 0.1) is 0 Å². The number of nitrogens with two attached hydrogens (primary N) is 1. The molecule has 2 N–H and O–H groups in total. The van der Waals surface area contributed by atoms with Gasteiger partial charge in [-0.1, -0.05) is 33.6 Å². The Balaban J connectivity index is 2.23. The zero-order chi connectivity index (χ0) is 14.3. The van der Waals surface area contributed by atoms with E-state index in [1.165, 1.54) is 0 Å². The lowest BCUT2D eigenvalue weighted by Crippen LogP contribution is -1.96. The van der Waals surface area contributed by atoms with Crippen LogP contribution in [-0.2, 0) is 13.6 Å². The van der Waals surface area contributed by atoms with Gasteiger partial charge in [0.15, 0.2) is 0 Å². The predicted octanol–water partition coefficient (Wildman–Crippen LogP) is 4.11. The molecule has 0 aliphatic heterocycles. The van der Waals surface area contributed by atoms with Gasteiger partial charge in [0.2, 0.25) is 0 Å². The van der Waals surface area contributed by atoms with E-state index in [-0.39, 0.29) is 0 Å². The SMILES string of the molecule is Cn1c(-c2ccc(Br)cc2Cl)nc2cc(CN)ccc21. The Kier molecular flexibility index (Phi) is 3.54. The Labute approximate surface area is 130 Å². The molecule has 0 radical (unpaired) electrons. The first-order chi connectivity index (χ1) is 9.60. The summed E-state index contributed by atoms with van der Waals surface area (Å²) in [5.41, 5.74) is 9.67. The molecule has 0 saturated heterocycles. The number of aryl methyl sites for hydroxylation is 1. The molecule has 0 aliphatic rings. The van der Waals surface area contributed by atoms with Crippen LogP contribution in [-0.4, -0.2) is 9.55 Å². The summed E-state index contributed by atoms with van der Waals surface area (Å²) in [6.45, 7) is 0.515. The molecule has 0 saturated carbocycles. The molecule has 0 spiro atoms. The third-order valence-electron chi connectivity index (χ3n) is 3.35. The Hall–Kier alpha value is -1.36. The van der Waals surface area contributed by atoms with Crippen LogP contribution in [0.4, 0.5) is 0 Å². The highest BCUT2D eigenvalue weighted by atomic mass is 79.9. The Morgan fingerprint density at radius 2 is 2.05 bits per heavy atom. The summed E-state index contributed by atoms with van der Waals surface area (Å²) in [6, 6.07) is 11.9. The summed E-state index contributed by atoms with van der Waals surface area (Å²) < 4.78 is 3.00. The number of hydrogen-bond acceptors (Lipinski definition) is 2. The van der Waals surface area contributed by atoms with Gasteiger partial charge in [-0.3, -0.25) is 0 Å². The second-order valence-corrected chi connectivity index (χ2v) is 5.97. The Morgan fingerprint density at radius 1 is 1.25 bits per heavy atom. The molecule has 0 bridgehead atoms. The van der Waals surface area contributed by atoms with E-state index in [1.54, 1.807) is 0 Å². The fourth-order valence-corrected chi connectivity index (χ4v) is 3.04. The fourth-order valence-electron chi connectivity index (χ4n) is 2.28. The lowest BCUT2D eigenvalue weighted by Gasteiger charge is -2.05. The lowest BCUT2D eigenvalue weighted by molar-refractivity contribution is 0.959. The van der Waals surface area contributed by atoms with Crippen LogP contribution in [0.15, 0.2) is 40.9 Å². The summed E-state index contributed by atoms with van der Waals surface area (Å²) in [7, 11) is 1.99. The molecule has 3 aromatic rings. The van der Waals surface area contributed by atoms with Crippen LogP contribution in [0.25, 0.3) is 22.4 Å². The van der Waals surface area contributed by atoms with E-state index in [4.69, 9.17) is 17.3 Å². The molecule has 1 aromatic heterocycles. The van der Waals surface area contributed by atoms with E-state index < -0.39 is 0 Å². The van der Waals surface area contributed by atoms with Gasteiger partial charge in [-0.25, -0.2) is 4.98 Å². The molecule has 2 aromatic carbocycles. The number of hydrogen-bond donors (Lipinski definition) is 1. The molecule has 1 heterocycles. The third-order valence-corrected chi connectivity index (χ3v) is 4.16. The van der Waals surface area contributed by atoms with Crippen LogP contribution in [0.2, 0.25) is 5.02 Å². The maximum absolute atomic E-state index is 6.32. The van der Waals surface area contributed by atoms with Gasteiger partial charge < -0.3 is 10.3 Å². The average Bonchev–Trinajstić information content (AvgIpc) is 2.75. The first-order valence-corrected chi connectivity index (χ1v) is 7.38. The van der Waals surface area contributed by atoms with E-state index in [9.17, 15) is 0 Å². The highest BCUT2D eigenvalue weighted by molar-refractivity contribution is 9.10. The van der Waals surface area contributed by atoms with Crippen molar-refractivity contribution in [1.82, 2.24) is 9.55 Å². The van der Waals surface area contributed by atoms with E-state index in [1.807, 2.05) is 48.0 Å². The molecule has 0 fully saturated rings. The van der Waals surface area contributed by atoms with Gasteiger partial charge in [0, 0.05) is 23.6 Å². The number of nitrogens with zero attached hydrogens (tertiary/aromatic N) is 2. The van der Waals surface area contributed by atoms with Crippen molar-refractivity contribution in [3.63, 3.8) is 0 Å². The largest absolute Gasteiger partial charge is 0.327 e. The minimum absolute atomic E-state index is 0.515. The third kappa shape index (κ3) is 2.24. The van der Waals surface area contributed by atoms with Crippen LogP contribution in [0.1, 0.15) is 5.56 Å². The molecule has 0 atom stereocenters. The van der Waals surface area contributed by atoms with Gasteiger partial charge in [-0.15, -0.1) is 0 Å². The van der Waals surface area contributed by atoms with Crippen LogP contribution < -0.4 is 5.73 Å². The van der Waals surface area contributed by atoms with Gasteiger partial charge in [0.25, 0.3) is 0 Å². The number of halogens is 2. The van der Waals surface area contributed by atoms with Crippen molar-refractivity contribution in [1.29, 1.82) is 0 Å². The standard InChI is InChI=1S/C15H13BrClN3/c1-20-14-5-2-9(8-18)6-13(14)19-15(20)11-4-3-10(16)7-12(11)17/h2-7H,8,18H2,1H3. The van der Waals surface area contributed by atoms with Gasteiger partial charge >= 0.3 is 0 Å². The zero-order valence-corrected chi connectivity index (χ0v) is 13.2. The first kappa shape index (κ1) is 13.6. The molecule has 0 unspecified atom stereocenters. The normalized spacial score (nSPS) is 11.2. The van der Waals surface area contributed by atoms with Gasteiger partial charge in [0.1, 0.15) is 5.82 Å². The number of imidazole rings is 1. The molecular formula is C15H13BrClN3. The van der Waals surface area contributed by atoms with Crippen LogP contribution in [0.3, 0.4) is 0 Å². The number of benzene rings is 2. The monoisotopic (exact) mass is 349 g/mol. The summed E-state index contributed by atoms with van der Waals surface area (Å²) in [5.74, 6) is 0.853. The lowest BCUT2D eigenvalue weighted by atomic mass is 10.2. The molecular weight excluding hydrogens is 338 g/mol. The summed E-state index contributed by atoms with van der Waals surface area (Å²) >= 11 is 9.73. The zero-order valence-electron chi connectivity index (χ0n) is 10.9. The van der Waals surface area contributed by atoms with Gasteiger partial charge in [0.05, 0.1) is 16.1 Å². The number of fused-ring (bicyclic) bond motifs is 1. The van der Waals surface area contributed by atoms with Crippen molar-refractivity contribution >= 4 is 38.6 Å². The quantitative estimate of drug-likeness (QED) is 0.755. The van der Waals surface area contributed by atoms with E-state index in [2.05, 4.69) is 20.9 Å². The van der Waals surface area contributed by atoms with Crippen molar-refractivity contribution in [3.8, 4) is 11.4 Å². The highest BCUT2D eigenvalue weighted by Crippen LogP contribution is 2.31. The predicted molar refractivity (Wildman–Crippen MR) is 86.8 cm³/mol. The highest BCUT2D eigenvalue weighted by Gasteiger charge is 2.13. The maximum Gasteiger partial charge on any atom is 0.142 e.